The number of aromatic nitrogens is 3. The van der Waals surface area contributed by atoms with Gasteiger partial charge in [0, 0.05) is 26.1 Å². The van der Waals surface area contributed by atoms with E-state index in [0.29, 0.717) is 19.6 Å². The van der Waals surface area contributed by atoms with Crippen molar-refractivity contribution in [2.45, 2.75) is 19.9 Å². The highest BCUT2D eigenvalue weighted by atomic mass is 32.1. The van der Waals surface area contributed by atoms with Crippen molar-refractivity contribution in [3.8, 4) is 0 Å². The first kappa shape index (κ1) is 16.8. The summed E-state index contributed by atoms with van der Waals surface area (Å²) >= 11 is 1.51. The Morgan fingerprint density at radius 1 is 1.50 bits per heavy atom. The van der Waals surface area contributed by atoms with Crippen LogP contribution in [0, 0.1) is 12.8 Å². The average Bonchev–Trinajstić information content (AvgIpc) is 3.15. The second kappa shape index (κ2) is 6.86. The normalized spacial score (nSPS) is 18.1. The number of amides is 2. The summed E-state index contributed by atoms with van der Waals surface area (Å²) in [4.78, 5) is 33.4. The number of likely N-dealkylation sites (N-methyl/N-ethyl adjacent to an activating group) is 1. The molecule has 1 fully saturated rings. The third kappa shape index (κ3) is 3.73. The second-order valence-corrected chi connectivity index (χ2v) is 7.50. The molecule has 2 aromatic rings. The number of imidazole rings is 1. The van der Waals surface area contributed by atoms with Gasteiger partial charge in [0.2, 0.25) is 16.8 Å². The molecule has 8 nitrogen and oxygen atoms in total. The van der Waals surface area contributed by atoms with Crippen LogP contribution in [0.4, 0.5) is 0 Å². The molecule has 1 aliphatic heterocycles. The Bertz CT molecular complexity index is 721. The Hall–Kier alpha value is -2.00. The van der Waals surface area contributed by atoms with Crippen LogP contribution < -0.4 is 5.32 Å². The number of likely N-dealkylation sites (tertiary alicyclic amines) is 1. The first-order valence-electron chi connectivity index (χ1n) is 7.94. The molecule has 24 heavy (non-hydrogen) atoms. The van der Waals surface area contributed by atoms with Gasteiger partial charge < -0.3 is 15.1 Å². The molecule has 130 valence electrons. The maximum absolute atomic E-state index is 12.3. The van der Waals surface area contributed by atoms with Crippen molar-refractivity contribution >= 4 is 28.1 Å². The van der Waals surface area contributed by atoms with E-state index in [1.807, 2.05) is 32.1 Å². The number of nitrogens with zero attached hydrogens (tertiary/aromatic N) is 5. The maximum Gasteiger partial charge on any atom is 0.225 e. The fourth-order valence-electron chi connectivity index (χ4n) is 2.74. The van der Waals surface area contributed by atoms with E-state index < -0.39 is 0 Å². The molecule has 0 saturated carbocycles. The second-order valence-electron chi connectivity index (χ2n) is 6.34. The van der Waals surface area contributed by atoms with Gasteiger partial charge in [-0.2, -0.15) is 5.10 Å². The van der Waals surface area contributed by atoms with Crippen molar-refractivity contribution in [1.29, 1.82) is 0 Å². The highest BCUT2D eigenvalue weighted by Crippen LogP contribution is 2.18. The van der Waals surface area contributed by atoms with E-state index in [1.54, 1.807) is 9.42 Å². The monoisotopic (exact) mass is 350 g/mol. The number of aryl methyl sites for hydroxylation is 1. The lowest BCUT2D eigenvalue weighted by molar-refractivity contribution is -0.129. The van der Waals surface area contributed by atoms with E-state index in [0.717, 1.165) is 22.2 Å². The summed E-state index contributed by atoms with van der Waals surface area (Å²) in [6.07, 6.45) is 2.11. The molecule has 3 rings (SSSR count). The quantitative estimate of drug-likeness (QED) is 0.800. The largest absolute Gasteiger partial charge is 0.350 e. The highest BCUT2D eigenvalue weighted by Gasteiger charge is 2.33. The van der Waals surface area contributed by atoms with Gasteiger partial charge in [0.1, 0.15) is 5.01 Å². The molecule has 0 spiro atoms. The fourth-order valence-corrected chi connectivity index (χ4v) is 3.48. The van der Waals surface area contributed by atoms with E-state index in [2.05, 4.69) is 15.4 Å². The van der Waals surface area contributed by atoms with Crippen LogP contribution in [0.15, 0.2) is 6.20 Å². The minimum Gasteiger partial charge on any atom is -0.350 e. The zero-order chi connectivity index (χ0) is 17.3. The van der Waals surface area contributed by atoms with Gasteiger partial charge in [-0.3, -0.25) is 9.59 Å². The molecule has 2 amide bonds. The molecule has 1 aliphatic rings. The van der Waals surface area contributed by atoms with Crippen LogP contribution in [0.25, 0.3) is 4.96 Å². The van der Waals surface area contributed by atoms with Crippen molar-refractivity contribution in [2.24, 2.45) is 5.92 Å². The third-order valence-corrected chi connectivity index (χ3v) is 4.88. The molecule has 0 aromatic carbocycles. The molecule has 0 aliphatic carbocycles. The molecule has 1 atom stereocenters. The van der Waals surface area contributed by atoms with Crippen molar-refractivity contribution in [1.82, 2.24) is 29.7 Å². The minimum absolute atomic E-state index is 0.0548. The van der Waals surface area contributed by atoms with E-state index >= 15 is 0 Å². The van der Waals surface area contributed by atoms with E-state index in [4.69, 9.17) is 0 Å². The molecule has 3 heterocycles. The topological polar surface area (TPSA) is 82.8 Å². The number of hydrogen-bond donors (Lipinski definition) is 1. The smallest absolute Gasteiger partial charge is 0.225 e. The average molecular weight is 350 g/mol. The molecule has 0 radical (unpaired) electrons. The number of hydrogen-bond acceptors (Lipinski definition) is 6. The van der Waals surface area contributed by atoms with Gasteiger partial charge in [-0.1, -0.05) is 11.3 Å². The molecule has 2 aromatic heterocycles. The first-order valence-corrected chi connectivity index (χ1v) is 8.76. The Kier molecular flexibility index (Phi) is 4.81. The fraction of sp³-hybridized carbons (Fsp3) is 0.600. The number of rotatable bonds is 6. The minimum atomic E-state index is -0.274. The summed E-state index contributed by atoms with van der Waals surface area (Å²) in [6, 6.07) is 0. The van der Waals surface area contributed by atoms with Crippen molar-refractivity contribution < 1.29 is 9.59 Å². The van der Waals surface area contributed by atoms with Crippen molar-refractivity contribution in [3.05, 3.63) is 16.9 Å². The van der Waals surface area contributed by atoms with Crippen LogP contribution in [-0.4, -0.2) is 69.9 Å². The van der Waals surface area contributed by atoms with Crippen LogP contribution in [0.3, 0.4) is 0 Å². The lowest BCUT2D eigenvalue weighted by Gasteiger charge is -2.19. The molecular weight excluding hydrogens is 328 g/mol. The standard InChI is InChI=1S/C15H22N6O2S/c1-10-18-21-9-12(17-15(21)24-10)7-16-14(23)11-6-13(22)20(8-11)5-4-19(2)3/h9,11H,4-8H2,1-3H3,(H,16,23)/t11-/m1/s1. The zero-order valence-electron chi connectivity index (χ0n) is 14.2. The van der Waals surface area contributed by atoms with Gasteiger partial charge in [-0.25, -0.2) is 9.50 Å². The van der Waals surface area contributed by atoms with Crippen molar-refractivity contribution in [2.75, 3.05) is 33.7 Å². The highest BCUT2D eigenvalue weighted by molar-refractivity contribution is 7.16. The van der Waals surface area contributed by atoms with Gasteiger partial charge in [-0.05, 0) is 21.0 Å². The molecule has 1 saturated heterocycles. The maximum atomic E-state index is 12.3. The molecular formula is C15H22N6O2S. The van der Waals surface area contributed by atoms with Crippen molar-refractivity contribution in [3.63, 3.8) is 0 Å². The van der Waals surface area contributed by atoms with Gasteiger partial charge in [-0.15, -0.1) is 0 Å². The van der Waals surface area contributed by atoms with Gasteiger partial charge in [0.25, 0.3) is 0 Å². The summed E-state index contributed by atoms with van der Waals surface area (Å²) in [5.74, 6) is -0.306. The lowest BCUT2D eigenvalue weighted by atomic mass is 10.1. The summed E-state index contributed by atoms with van der Waals surface area (Å²) < 4.78 is 1.73. The van der Waals surface area contributed by atoms with Gasteiger partial charge in [0.15, 0.2) is 0 Å². The number of nitrogens with one attached hydrogen (secondary N) is 1. The Labute approximate surface area is 144 Å². The SMILES string of the molecule is Cc1nn2cc(CNC(=O)[C@@H]3CC(=O)N(CCN(C)C)C3)nc2s1. The predicted octanol–water partition coefficient (Wildman–Crippen LogP) is 0.126. The predicted molar refractivity (Wildman–Crippen MR) is 90.7 cm³/mol. The molecule has 1 N–H and O–H groups in total. The van der Waals surface area contributed by atoms with E-state index in [9.17, 15) is 9.59 Å². The zero-order valence-corrected chi connectivity index (χ0v) is 15.0. The molecule has 9 heteroatoms. The third-order valence-electron chi connectivity index (χ3n) is 4.04. The van der Waals surface area contributed by atoms with E-state index in [-0.39, 0.29) is 24.2 Å². The Morgan fingerprint density at radius 2 is 2.29 bits per heavy atom. The Balaban J connectivity index is 1.51. The summed E-state index contributed by atoms with van der Waals surface area (Å²) in [5, 5.41) is 8.14. The number of fused-ring (bicyclic) bond motifs is 1. The lowest BCUT2D eigenvalue weighted by Crippen LogP contribution is -2.35. The van der Waals surface area contributed by atoms with Crippen LogP contribution >= 0.6 is 11.3 Å². The molecule has 0 bridgehead atoms. The molecule has 0 unspecified atom stereocenters. The number of carbonyl (C=O) groups excluding carboxylic acids is 2. The number of carbonyl (C=O) groups is 2. The van der Waals surface area contributed by atoms with Crippen LogP contribution in [-0.2, 0) is 16.1 Å². The first-order chi connectivity index (χ1) is 11.4. The summed E-state index contributed by atoms with van der Waals surface area (Å²) in [5.41, 5.74) is 0.774. The Morgan fingerprint density at radius 3 is 3.00 bits per heavy atom. The van der Waals surface area contributed by atoms with Crippen LogP contribution in [0.1, 0.15) is 17.1 Å². The van der Waals surface area contributed by atoms with Gasteiger partial charge >= 0.3 is 0 Å². The summed E-state index contributed by atoms with van der Waals surface area (Å²) in [7, 11) is 3.94. The van der Waals surface area contributed by atoms with Gasteiger partial charge in [0.05, 0.1) is 24.4 Å². The van der Waals surface area contributed by atoms with Crippen LogP contribution in [0.2, 0.25) is 0 Å². The van der Waals surface area contributed by atoms with E-state index in [1.165, 1.54) is 11.3 Å². The summed E-state index contributed by atoms with van der Waals surface area (Å²) in [6.45, 7) is 4.25. The van der Waals surface area contributed by atoms with Crippen LogP contribution in [0.5, 0.6) is 0 Å².